The molecule has 1 fully saturated rings. The van der Waals surface area contributed by atoms with Gasteiger partial charge in [-0.1, -0.05) is 84.9 Å². The number of pyridine rings is 1. The summed E-state index contributed by atoms with van der Waals surface area (Å²) in [5.74, 6) is 0.325. The van der Waals surface area contributed by atoms with Crippen LogP contribution in [0.4, 0.5) is 0 Å². The third-order valence-corrected chi connectivity index (χ3v) is 7.01. The zero-order chi connectivity index (χ0) is 23.4. The standard InChI is InChI=1S/C30H30N2O2/c1-30(26-11-4-2-5-12-26,27-13-6-3-7-14-27)29(33)32-16-17-34-22-23(21-32)18-25-20-31-19-24-10-8-9-15-28(24)25/h2-15,19-20,23H,16-18,21-22H2,1H3. The minimum atomic E-state index is -0.765. The predicted octanol–water partition coefficient (Wildman–Crippen LogP) is 5.26. The van der Waals surface area contributed by atoms with Crippen molar-refractivity contribution in [2.45, 2.75) is 18.8 Å². The molecule has 1 aromatic heterocycles. The third-order valence-electron chi connectivity index (χ3n) is 7.01. The number of hydrogen-bond donors (Lipinski definition) is 0. The monoisotopic (exact) mass is 450 g/mol. The average Bonchev–Trinajstić information content (AvgIpc) is 3.14. The van der Waals surface area contributed by atoms with Crippen LogP contribution in [0.15, 0.2) is 97.3 Å². The fourth-order valence-corrected chi connectivity index (χ4v) is 5.11. The number of amides is 1. The Balaban J connectivity index is 1.45. The second-order valence-electron chi connectivity index (χ2n) is 9.27. The Kier molecular flexibility index (Phi) is 6.41. The summed E-state index contributed by atoms with van der Waals surface area (Å²) >= 11 is 0. The molecular formula is C30H30N2O2. The van der Waals surface area contributed by atoms with Gasteiger partial charge >= 0.3 is 0 Å². The Bertz CT molecular complexity index is 1210. The van der Waals surface area contributed by atoms with E-state index in [1.54, 1.807) is 0 Å². The Hall–Kier alpha value is -3.50. The first-order chi connectivity index (χ1) is 16.7. The van der Waals surface area contributed by atoms with E-state index in [1.807, 2.05) is 59.8 Å². The topological polar surface area (TPSA) is 42.4 Å². The summed E-state index contributed by atoms with van der Waals surface area (Å²) in [5, 5.41) is 2.36. The van der Waals surface area contributed by atoms with E-state index in [1.165, 1.54) is 10.9 Å². The number of carbonyl (C=O) groups is 1. The maximum atomic E-state index is 14.2. The molecule has 0 bridgehead atoms. The molecule has 34 heavy (non-hydrogen) atoms. The van der Waals surface area contributed by atoms with Crippen molar-refractivity contribution in [2.24, 2.45) is 5.92 Å². The molecule has 0 saturated carbocycles. The highest BCUT2D eigenvalue weighted by atomic mass is 16.5. The van der Waals surface area contributed by atoms with Crippen molar-refractivity contribution in [3.05, 3.63) is 114 Å². The lowest BCUT2D eigenvalue weighted by atomic mass is 9.75. The van der Waals surface area contributed by atoms with Crippen LogP contribution in [-0.2, 0) is 21.4 Å². The molecule has 0 aliphatic carbocycles. The van der Waals surface area contributed by atoms with Crippen LogP contribution in [0.2, 0.25) is 0 Å². The van der Waals surface area contributed by atoms with Crippen molar-refractivity contribution in [2.75, 3.05) is 26.3 Å². The zero-order valence-corrected chi connectivity index (χ0v) is 19.6. The quantitative estimate of drug-likeness (QED) is 0.417. The fraction of sp³-hybridized carbons (Fsp3) is 0.267. The maximum Gasteiger partial charge on any atom is 0.237 e. The lowest BCUT2D eigenvalue weighted by molar-refractivity contribution is -0.135. The van der Waals surface area contributed by atoms with E-state index < -0.39 is 5.41 Å². The summed E-state index contributed by atoms with van der Waals surface area (Å²) in [6, 6.07) is 28.6. The SMILES string of the molecule is CC(C(=O)N1CCOCC(Cc2cncc3ccccc23)C1)(c1ccccc1)c1ccccc1. The van der Waals surface area contributed by atoms with Crippen LogP contribution in [0.25, 0.3) is 10.8 Å². The van der Waals surface area contributed by atoms with Gasteiger partial charge in [0.2, 0.25) is 5.91 Å². The van der Waals surface area contributed by atoms with Gasteiger partial charge < -0.3 is 9.64 Å². The van der Waals surface area contributed by atoms with E-state index in [4.69, 9.17) is 4.74 Å². The molecule has 3 aromatic carbocycles. The molecule has 4 heteroatoms. The first-order valence-electron chi connectivity index (χ1n) is 12.0. The molecule has 172 valence electrons. The number of rotatable bonds is 5. The average molecular weight is 451 g/mol. The van der Waals surface area contributed by atoms with Crippen LogP contribution in [0.5, 0.6) is 0 Å². The van der Waals surface area contributed by atoms with Gasteiger partial charge in [0, 0.05) is 36.8 Å². The Labute approximate surface area is 201 Å². The first kappa shape index (κ1) is 22.3. The van der Waals surface area contributed by atoms with Crippen LogP contribution in [0.1, 0.15) is 23.6 Å². The van der Waals surface area contributed by atoms with Crippen LogP contribution in [-0.4, -0.2) is 42.1 Å². The summed E-state index contributed by atoms with van der Waals surface area (Å²) in [7, 11) is 0. The Morgan fingerprint density at radius 2 is 1.59 bits per heavy atom. The van der Waals surface area contributed by atoms with Gasteiger partial charge in [-0.2, -0.15) is 0 Å². The Morgan fingerprint density at radius 1 is 0.941 bits per heavy atom. The zero-order valence-electron chi connectivity index (χ0n) is 19.6. The van der Waals surface area contributed by atoms with Crippen molar-refractivity contribution in [3.63, 3.8) is 0 Å². The molecule has 0 N–H and O–H groups in total. The highest BCUT2D eigenvalue weighted by Crippen LogP contribution is 2.35. The second kappa shape index (κ2) is 9.78. The highest BCUT2D eigenvalue weighted by molar-refractivity contribution is 5.92. The summed E-state index contributed by atoms with van der Waals surface area (Å²) in [6.45, 7) is 4.50. The normalized spacial score (nSPS) is 16.9. The molecular weight excluding hydrogens is 420 g/mol. The van der Waals surface area contributed by atoms with Crippen molar-refractivity contribution in [1.29, 1.82) is 0 Å². The second-order valence-corrected chi connectivity index (χ2v) is 9.27. The predicted molar refractivity (Wildman–Crippen MR) is 136 cm³/mol. The molecule has 2 heterocycles. The molecule has 5 rings (SSSR count). The number of nitrogens with zero attached hydrogens (tertiary/aromatic N) is 2. The third kappa shape index (κ3) is 4.34. The Morgan fingerprint density at radius 3 is 2.29 bits per heavy atom. The number of benzene rings is 3. The molecule has 4 aromatic rings. The summed E-state index contributed by atoms with van der Waals surface area (Å²) in [4.78, 5) is 20.7. The molecule has 1 unspecified atom stereocenters. The van der Waals surface area contributed by atoms with Gasteiger partial charge in [0.25, 0.3) is 0 Å². The van der Waals surface area contributed by atoms with Gasteiger partial charge in [-0.05, 0) is 35.4 Å². The lowest BCUT2D eigenvalue weighted by Crippen LogP contribution is -2.48. The fourth-order valence-electron chi connectivity index (χ4n) is 5.11. The molecule has 1 amide bonds. The van der Waals surface area contributed by atoms with Crippen molar-refractivity contribution in [1.82, 2.24) is 9.88 Å². The van der Waals surface area contributed by atoms with Gasteiger partial charge in [0.05, 0.1) is 18.6 Å². The molecule has 1 aliphatic heterocycles. The van der Waals surface area contributed by atoms with E-state index in [0.29, 0.717) is 26.3 Å². The number of carbonyl (C=O) groups excluding carboxylic acids is 1. The van der Waals surface area contributed by atoms with Crippen molar-refractivity contribution < 1.29 is 9.53 Å². The smallest absolute Gasteiger partial charge is 0.237 e. The first-order valence-corrected chi connectivity index (χ1v) is 12.0. The van der Waals surface area contributed by atoms with Gasteiger partial charge in [0.1, 0.15) is 0 Å². The molecule has 0 radical (unpaired) electrons. The minimum absolute atomic E-state index is 0.122. The molecule has 4 nitrogen and oxygen atoms in total. The maximum absolute atomic E-state index is 14.2. The van der Waals surface area contributed by atoms with Crippen LogP contribution < -0.4 is 0 Å². The molecule has 1 atom stereocenters. The van der Waals surface area contributed by atoms with Crippen molar-refractivity contribution in [3.8, 4) is 0 Å². The van der Waals surface area contributed by atoms with E-state index in [-0.39, 0.29) is 11.8 Å². The van der Waals surface area contributed by atoms with Gasteiger partial charge in [-0.25, -0.2) is 0 Å². The number of ether oxygens (including phenoxy) is 1. The van der Waals surface area contributed by atoms with Gasteiger partial charge in [-0.3, -0.25) is 9.78 Å². The van der Waals surface area contributed by atoms with Crippen LogP contribution >= 0.6 is 0 Å². The summed E-state index contributed by atoms with van der Waals surface area (Å²) in [5.41, 5.74) is 2.45. The summed E-state index contributed by atoms with van der Waals surface area (Å²) < 4.78 is 5.98. The number of hydrogen-bond acceptors (Lipinski definition) is 3. The number of fused-ring (bicyclic) bond motifs is 1. The van der Waals surface area contributed by atoms with Gasteiger partial charge in [0.15, 0.2) is 0 Å². The van der Waals surface area contributed by atoms with E-state index in [9.17, 15) is 4.79 Å². The van der Waals surface area contributed by atoms with E-state index >= 15 is 0 Å². The van der Waals surface area contributed by atoms with E-state index in [2.05, 4.69) is 54.4 Å². The summed E-state index contributed by atoms with van der Waals surface area (Å²) in [6.07, 6.45) is 4.69. The van der Waals surface area contributed by atoms with E-state index in [0.717, 1.165) is 22.9 Å². The van der Waals surface area contributed by atoms with Crippen molar-refractivity contribution >= 4 is 16.7 Å². The van der Waals surface area contributed by atoms with Crippen LogP contribution in [0, 0.1) is 5.92 Å². The van der Waals surface area contributed by atoms with Crippen LogP contribution in [0.3, 0.4) is 0 Å². The lowest BCUT2D eigenvalue weighted by Gasteiger charge is -2.36. The minimum Gasteiger partial charge on any atom is -0.379 e. The highest BCUT2D eigenvalue weighted by Gasteiger charge is 2.41. The molecule has 0 spiro atoms. The molecule has 1 saturated heterocycles. The van der Waals surface area contributed by atoms with Gasteiger partial charge in [-0.15, -0.1) is 0 Å². The molecule has 1 aliphatic rings. The largest absolute Gasteiger partial charge is 0.379 e. The number of aromatic nitrogens is 1.